The molecule has 1 saturated heterocycles. The standard InChI is InChI=1S/C31H26F4N4O2/c1-2-7-28(40)39-15-6-10-23(19-39)41-27-14-12-22(18-36-27)29(21-11-13-26-24(16-21)30(32)38-37-26)25(17-31(33,34)35)20-8-4-3-5-9-20/h3-5,8-9,11-14,16,18,23H,6,10,15,17,19H2,1H3,(H,37,38)/b29-25-/t23-/m1/s1. The predicted molar refractivity (Wildman–Crippen MR) is 147 cm³/mol. The lowest BCUT2D eigenvalue weighted by molar-refractivity contribution is -0.127. The highest BCUT2D eigenvalue weighted by molar-refractivity contribution is 6.00. The van der Waals surface area contributed by atoms with Gasteiger partial charge in [-0.3, -0.25) is 9.89 Å². The van der Waals surface area contributed by atoms with Crippen LogP contribution in [0.2, 0.25) is 0 Å². The van der Waals surface area contributed by atoms with Gasteiger partial charge >= 0.3 is 6.18 Å². The number of amides is 1. The van der Waals surface area contributed by atoms with Crippen LogP contribution in [0.3, 0.4) is 0 Å². The second-order valence-electron chi connectivity index (χ2n) is 9.67. The Balaban J connectivity index is 1.55. The third-order valence-electron chi connectivity index (χ3n) is 6.81. The number of halogens is 4. The first-order valence-electron chi connectivity index (χ1n) is 13.1. The van der Waals surface area contributed by atoms with Gasteiger partial charge in [-0.1, -0.05) is 42.3 Å². The molecule has 2 aromatic carbocycles. The number of benzene rings is 2. The number of allylic oxidation sites excluding steroid dienone is 1. The fourth-order valence-electron chi connectivity index (χ4n) is 5.00. The first-order valence-corrected chi connectivity index (χ1v) is 13.1. The van der Waals surface area contributed by atoms with Crippen LogP contribution in [0.15, 0.2) is 66.9 Å². The molecule has 1 amide bonds. The molecule has 2 aromatic heterocycles. The molecule has 1 N–H and O–H groups in total. The molecule has 1 fully saturated rings. The van der Waals surface area contributed by atoms with Crippen LogP contribution in [-0.4, -0.2) is 51.4 Å². The number of alkyl halides is 3. The van der Waals surface area contributed by atoms with Crippen molar-refractivity contribution in [1.29, 1.82) is 0 Å². The lowest BCUT2D eigenvalue weighted by Crippen LogP contribution is -2.44. The first kappa shape index (κ1) is 27.9. The Labute approximate surface area is 234 Å². The lowest BCUT2D eigenvalue weighted by Gasteiger charge is -2.31. The molecule has 0 aliphatic carbocycles. The molecule has 1 aliphatic rings. The van der Waals surface area contributed by atoms with Gasteiger partial charge in [0.05, 0.1) is 23.9 Å². The highest BCUT2D eigenvalue weighted by Gasteiger charge is 2.32. The van der Waals surface area contributed by atoms with Gasteiger partial charge in [-0.25, -0.2) is 4.98 Å². The zero-order chi connectivity index (χ0) is 29.0. The summed E-state index contributed by atoms with van der Waals surface area (Å²) < 4.78 is 62.2. The fraction of sp³-hybridized carbons (Fsp3) is 0.258. The van der Waals surface area contributed by atoms with Crippen LogP contribution < -0.4 is 4.74 Å². The third kappa shape index (κ3) is 6.57. The van der Waals surface area contributed by atoms with E-state index in [9.17, 15) is 22.4 Å². The molecule has 0 radical (unpaired) electrons. The van der Waals surface area contributed by atoms with Crippen molar-refractivity contribution in [1.82, 2.24) is 20.1 Å². The maximum Gasteiger partial charge on any atom is 0.393 e. The number of hydrogen-bond acceptors (Lipinski definition) is 4. The Hall–Kier alpha value is -4.65. The van der Waals surface area contributed by atoms with Gasteiger partial charge in [0.2, 0.25) is 11.8 Å². The Morgan fingerprint density at radius 3 is 2.59 bits per heavy atom. The average molecular weight is 563 g/mol. The topological polar surface area (TPSA) is 71.1 Å². The average Bonchev–Trinajstić information content (AvgIpc) is 3.33. The van der Waals surface area contributed by atoms with Gasteiger partial charge in [-0.15, -0.1) is 0 Å². The largest absolute Gasteiger partial charge is 0.472 e. The van der Waals surface area contributed by atoms with E-state index in [2.05, 4.69) is 27.0 Å². The van der Waals surface area contributed by atoms with E-state index in [1.165, 1.54) is 12.3 Å². The Kier molecular flexibility index (Phi) is 8.06. The SMILES string of the molecule is CC#CC(=O)N1CCC[C@@H](Oc2ccc(/C(=C(/CC(F)(F)F)c3ccccc3)c3ccc4n[nH]c(F)c4c3)cn2)C1. The maximum absolute atomic E-state index is 14.4. The number of carbonyl (C=O) groups excluding carboxylic acids is 1. The van der Waals surface area contributed by atoms with Crippen LogP contribution in [0.4, 0.5) is 17.6 Å². The van der Waals surface area contributed by atoms with E-state index in [0.717, 1.165) is 12.8 Å². The van der Waals surface area contributed by atoms with E-state index < -0.39 is 18.5 Å². The zero-order valence-electron chi connectivity index (χ0n) is 22.1. The van der Waals surface area contributed by atoms with E-state index in [-0.39, 0.29) is 34.4 Å². The van der Waals surface area contributed by atoms with Gasteiger partial charge in [-0.2, -0.15) is 22.7 Å². The fourth-order valence-corrected chi connectivity index (χ4v) is 5.00. The Bertz CT molecular complexity index is 1630. The molecule has 1 atom stereocenters. The summed E-state index contributed by atoms with van der Waals surface area (Å²) in [6.07, 6.45) is -3.09. The number of H-pyrrole nitrogens is 1. The van der Waals surface area contributed by atoms with Crippen molar-refractivity contribution in [2.45, 2.75) is 38.5 Å². The summed E-state index contributed by atoms with van der Waals surface area (Å²) in [5.74, 6) is 4.49. The number of rotatable bonds is 6. The van der Waals surface area contributed by atoms with Gasteiger partial charge < -0.3 is 9.64 Å². The number of nitrogens with zero attached hydrogens (tertiary/aromatic N) is 3. The van der Waals surface area contributed by atoms with Crippen LogP contribution >= 0.6 is 0 Å². The molecule has 0 bridgehead atoms. The van der Waals surface area contributed by atoms with Gasteiger partial charge in [0.1, 0.15) is 6.10 Å². The van der Waals surface area contributed by atoms with Crippen LogP contribution in [0.1, 0.15) is 42.9 Å². The van der Waals surface area contributed by atoms with Crippen LogP contribution in [0, 0.1) is 17.8 Å². The molecule has 5 rings (SSSR count). The van der Waals surface area contributed by atoms with Gasteiger partial charge in [0.25, 0.3) is 5.91 Å². The van der Waals surface area contributed by atoms with E-state index >= 15 is 0 Å². The third-order valence-corrected chi connectivity index (χ3v) is 6.81. The number of pyridine rings is 1. The number of hydrogen-bond donors (Lipinski definition) is 1. The number of aromatic amines is 1. The normalized spacial score (nSPS) is 16.1. The van der Waals surface area contributed by atoms with Gasteiger partial charge in [0.15, 0.2) is 0 Å². The summed E-state index contributed by atoms with van der Waals surface area (Å²) in [4.78, 5) is 18.2. The van der Waals surface area contributed by atoms with E-state index in [1.54, 1.807) is 66.4 Å². The smallest absolute Gasteiger partial charge is 0.393 e. The molecule has 1 aliphatic heterocycles. The molecule has 6 nitrogen and oxygen atoms in total. The van der Waals surface area contributed by atoms with Crippen LogP contribution in [0.25, 0.3) is 22.0 Å². The second kappa shape index (κ2) is 11.8. The van der Waals surface area contributed by atoms with Crippen molar-refractivity contribution in [2.75, 3.05) is 13.1 Å². The summed E-state index contributed by atoms with van der Waals surface area (Å²) in [5, 5.41) is 6.33. The van der Waals surface area contributed by atoms with Crippen LogP contribution in [0.5, 0.6) is 5.88 Å². The number of carbonyl (C=O) groups is 1. The highest BCUT2D eigenvalue weighted by atomic mass is 19.4. The minimum absolute atomic E-state index is 0.0234. The van der Waals surface area contributed by atoms with Crippen molar-refractivity contribution in [3.63, 3.8) is 0 Å². The van der Waals surface area contributed by atoms with E-state index in [0.29, 0.717) is 35.3 Å². The first-order chi connectivity index (χ1) is 19.7. The summed E-state index contributed by atoms with van der Waals surface area (Å²) in [6, 6.07) is 16.2. The monoisotopic (exact) mass is 562 g/mol. The van der Waals surface area contributed by atoms with Gasteiger partial charge in [0, 0.05) is 24.4 Å². The number of aromatic nitrogens is 3. The molecule has 0 spiro atoms. The Morgan fingerprint density at radius 2 is 1.88 bits per heavy atom. The number of nitrogens with one attached hydrogen (secondary N) is 1. The van der Waals surface area contributed by atoms with Gasteiger partial charge in [-0.05, 0) is 66.2 Å². The van der Waals surface area contributed by atoms with Crippen molar-refractivity contribution in [3.8, 4) is 17.7 Å². The Morgan fingerprint density at radius 1 is 1.10 bits per heavy atom. The summed E-state index contributed by atoms with van der Waals surface area (Å²) >= 11 is 0. The zero-order valence-corrected chi connectivity index (χ0v) is 22.1. The second-order valence-corrected chi connectivity index (χ2v) is 9.67. The summed E-state index contributed by atoms with van der Waals surface area (Å²) in [6.45, 7) is 2.56. The van der Waals surface area contributed by atoms with E-state index in [4.69, 9.17) is 4.74 Å². The van der Waals surface area contributed by atoms with Crippen LogP contribution in [-0.2, 0) is 4.79 Å². The number of piperidine rings is 1. The molecular weight excluding hydrogens is 536 g/mol. The minimum atomic E-state index is -4.51. The molecule has 41 heavy (non-hydrogen) atoms. The number of fused-ring (bicyclic) bond motifs is 1. The molecular formula is C31H26F4N4O2. The van der Waals surface area contributed by atoms with Crippen molar-refractivity contribution in [2.24, 2.45) is 0 Å². The number of likely N-dealkylation sites (tertiary alicyclic amines) is 1. The van der Waals surface area contributed by atoms with Crippen molar-refractivity contribution in [3.05, 3.63) is 89.5 Å². The molecule has 3 heterocycles. The quantitative estimate of drug-likeness (QED) is 0.168. The number of ether oxygens (including phenoxy) is 1. The molecule has 4 aromatic rings. The van der Waals surface area contributed by atoms with Crippen molar-refractivity contribution < 1.29 is 27.1 Å². The maximum atomic E-state index is 14.4. The summed E-state index contributed by atoms with van der Waals surface area (Å²) in [7, 11) is 0. The molecule has 0 saturated carbocycles. The lowest BCUT2D eigenvalue weighted by atomic mass is 9.88. The van der Waals surface area contributed by atoms with E-state index in [1.807, 2.05) is 0 Å². The minimum Gasteiger partial charge on any atom is -0.472 e. The van der Waals surface area contributed by atoms with Crippen molar-refractivity contribution >= 4 is 28.0 Å². The summed E-state index contributed by atoms with van der Waals surface area (Å²) in [5.41, 5.74) is 1.82. The molecule has 210 valence electrons. The molecule has 10 heteroatoms. The highest BCUT2D eigenvalue weighted by Crippen LogP contribution is 2.40. The molecule has 0 unspecified atom stereocenters. The predicted octanol–water partition coefficient (Wildman–Crippen LogP) is 6.40.